The van der Waals surface area contributed by atoms with Crippen LogP contribution in [0, 0.1) is 13.8 Å². The van der Waals surface area contributed by atoms with Crippen LogP contribution >= 0.6 is 0 Å². The SMILES string of the molecule is Cc1noc(C)c1CC(=O)N1CCC(O)(CN2CCN(C)CC2)C1. The van der Waals surface area contributed by atoms with Crippen LogP contribution in [0.4, 0.5) is 0 Å². The lowest BCUT2D eigenvalue weighted by atomic mass is 10.0. The second-order valence-corrected chi connectivity index (χ2v) is 7.35. The molecule has 0 saturated carbocycles. The molecule has 1 unspecified atom stereocenters. The van der Waals surface area contributed by atoms with Crippen molar-refractivity contribution in [1.82, 2.24) is 19.9 Å². The highest BCUT2D eigenvalue weighted by Crippen LogP contribution is 2.24. The third-order valence-corrected chi connectivity index (χ3v) is 5.31. The first kappa shape index (κ1) is 17.4. The van der Waals surface area contributed by atoms with Crippen molar-refractivity contribution >= 4 is 5.91 Å². The van der Waals surface area contributed by atoms with Crippen molar-refractivity contribution in [3.05, 3.63) is 17.0 Å². The number of amides is 1. The average molecular weight is 336 g/mol. The summed E-state index contributed by atoms with van der Waals surface area (Å²) in [5.41, 5.74) is 0.854. The highest BCUT2D eigenvalue weighted by atomic mass is 16.5. The average Bonchev–Trinajstić information content (AvgIpc) is 3.07. The number of piperazine rings is 1. The molecule has 3 rings (SSSR count). The minimum Gasteiger partial charge on any atom is -0.387 e. The number of nitrogens with zero attached hydrogens (tertiary/aromatic N) is 4. The molecule has 0 radical (unpaired) electrons. The fraction of sp³-hybridized carbons (Fsp3) is 0.765. The quantitative estimate of drug-likeness (QED) is 0.837. The number of aryl methyl sites for hydroxylation is 2. The Morgan fingerprint density at radius 3 is 2.58 bits per heavy atom. The van der Waals surface area contributed by atoms with Crippen molar-refractivity contribution in [1.29, 1.82) is 0 Å². The Bertz CT molecular complexity index is 575. The standard InChI is InChI=1S/C17H28N4O3/c1-13-15(14(2)24-18-13)10-16(22)21-5-4-17(23,12-21)11-20-8-6-19(3)7-9-20/h23H,4-12H2,1-3H3. The molecular weight excluding hydrogens is 308 g/mol. The number of rotatable bonds is 4. The normalized spacial score (nSPS) is 26.2. The van der Waals surface area contributed by atoms with Crippen LogP contribution in [0.15, 0.2) is 4.52 Å². The minimum atomic E-state index is -0.787. The monoisotopic (exact) mass is 336 g/mol. The number of β-amino-alcohol motifs (C(OH)–C–C–N with tert-alkyl or cyclic N) is 1. The van der Waals surface area contributed by atoms with Gasteiger partial charge in [-0.3, -0.25) is 9.69 Å². The van der Waals surface area contributed by atoms with Gasteiger partial charge in [-0.25, -0.2) is 0 Å². The minimum absolute atomic E-state index is 0.0405. The summed E-state index contributed by atoms with van der Waals surface area (Å²) in [4.78, 5) is 19.0. The smallest absolute Gasteiger partial charge is 0.227 e. The first-order chi connectivity index (χ1) is 11.4. The van der Waals surface area contributed by atoms with Gasteiger partial charge in [-0.1, -0.05) is 5.16 Å². The molecule has 24 heavy (non-hydrogen) atoms. The largest absolute Gasteiger partial charge is 0.387 e. The van der Waals surface area contributed by atoms with E-state index in [2.05, 4.69) is 22.0 Å². The second kappa shape index (κ2) is 6.82. The van der Waals surface area contributed by atoms with E-state index in [-0.39, 0.29) is 5.91 Å². The lowest BCUT2D eigenvalue weighted by Gasteiger charge is -2.36. The highest BCUT2D eigenvalue weighted by molar-refractivity contribution is 5.79. The van der Waals surface area contributed by atoms with Gasteiger partial charge in [0.1, 0.15) is 5.76 Å². The van der Waals surface area contributed by atoms with Gasteiger partial charge in [-0.05, 0) is 27.3 Å². The molecule has 2 fully saturated rings. The summed E-state index contributed by atoms with van der Waals surface area (Å²) in [5, 5.41) is 14.8. The molecule has 2 aliphatic rings. The molecule has 134 valence electrons. The Morgan fingerprint density at radius 2 is 1.96 bits per heavy atom. The predicted molar refractivity (Wildman–Crippen MR) is 89.8 cm³/mol. The molecule has 7 heteroatoms. The second-order valence-electron chi connectivity index (χ2n) is 7.35. The zero-order chi connectivity index (χ0) is 17.3. The van der Waals surface area contributed by atoms with Gasteiger partial charge in [0.15, 0.2) is 0 Å². The number of aromatic nitrogens is 1. The number of carbonyl (C=O) groups is 1. The van der Waals surface area contributed by atoms with E-state index < -0.39 is 5.60 Å². The zero-order valence-corrected chi connectivity index (χ0v) is 14.9. The molecule has 1 atom stereocenters. The van der Waals surface area contributed by atoms with Gasteiger partial charge in [-0.2, -0.15) is 0 Å². The van der Waals surface area contributed by atoms with Gasteiger partial charge in [0.05, 0.1) is 24.3 Å². The van der Waals surface area contributed by atoms with Crippen molar-refractivity contribution in [3.8, 4) is 0 Å². The van der Waals surface area contributed by atoms with Crippen LogP contribution in [-0.2, 0) is 11.2 Å². The van der Waals surface area contributed by atoms with Crippen LogP contribution in [0.25, 0.3) is 0 Å². The summed E-state index contributed by atoms with van der Waals surface area (Å²) in [6.07, 6.45) is 0.943. The molecule has 2 aliphatic heterocycles. The maximum absolute atomic E-state index is 12.6. The number of hydrogen-bond donors (Lipinski definition) is 1. The topological polar surface area (TPSA) is 73.0 Å². The molecule has 1 amide bonds. The van der Waals surface area contributed by atoms with Crippen molar-refractivity contribution in [2.24, 2.45) is 0 Å². The number of aliphatic hydroxyl groups is 1. The van der Waals surface area contributed by atoms with Crippen LogP contribution in [0.1, 0.15) is 23.4 Å². The summed E-state index contributed by atoms with van der Waals surface area (Å²) in [5.74, 6) is 0.742. The van der Waals surface area contributed by atoms with Gasteiger partial charge in [0.2, 0.25) is 5.91 Å². The molecule has 0 aromatic carbocycles. The molecule has 0 spiro atoms. The van der Waals surface area contributed by atoms with E-state index in [0.29, 0.717) is 38.2 Å². The van der Waals surface area contributed by atoms with Gasteiger partial charge in [0.25, 0.3) is 0 Å². The van der Waals surface area contributed by atoms with E-state index in [4.69, 9.17) is 4.52 Å². The lowest BCUT2D eigenvalue weighted by Crippen LogP contribution is -2.52. The van der Waals surface area contributed by atoms with E-state index >= 15 is 0 Å². The van der Waals surface area contributed by atoms with Gasteiger partial charge in [-0.15, -0.1) is 0 Å². The molecular formula is C17H28N4O3. The third-order valence-electron chi connectivity index (χ3n) is 5.31. The summed E-state index contributed by atoms with van der Waals surface area (Å²) >= 11 is 0. The third kappa shape index (κ3) is 3.79. The number of carbonyl (C=O) groups excluding carboxylic acids is 1. The summed E-state index contributed by atoms with van der Waals surface area (Å²) in [7, 11) is 2.12. The molecule has 0 aliphatic carbocycles. The van der Waals surface area contributed by atoms with E-state index in [1.54, 1.807) is 4.90 Å². The molecule has 1 aromatic rings. The van der Waals surface area contributed by atoms with Crippen LogP contribution in [0.5, 0.6) is 0 Å². The Hall–Kier alpha value is -1.44. The van der Waals surface area contributed by atoms with Crippen LogP contribution in [0.2, 0.25) is 0 Å². The van der Waals surface area contributed by atoms with Gasteiger partial charge < -0.3 is 19.4 Å². The van der Waals surface area contributed by atoms with Crippen molar-refractivity contribution in [2.75, 3.05) is 52.9 Å². The van der Waals surface area contributed by atoms with E-state index in [1.807, 2.05) is 13.8 Å². The number of likely N-dealkylation sites (tertiary alicyclic amines) is 1. The zero-order valence-electron chi connectivity index (χ0n) is 14.9. The van der Waals surface area contributed by atoms with Crippen LogP contribution < -0.4 is 0 Å². The Kier molecular flexibility index (Phi) is 4.94. The lowest BCUT2D eigenvalue weighted by molar-refractivity contribution is -0.130. The van der Waals surface area contributed by atoms with Gasteiger partial charge >= 0.3 is 0 Å². The highest BCUT2D eigenvalue weighted by Gasteiger charge is 2.39. The summed E-state index contributed by atoms with van der Waals surface area (Å²) in [6.45, 7) is 9.39. The molecule has 0 bridgehead atoms. The van der Waals surface area contributed by atoms with E-state index in [1.165, 1.54) is 0 Å². The number of hydrogen-bond acceptors (Lipinski definition) is 6. The van der Waals surface area contributed by atoms with E-state index in [9.17, 15) is 9.90 Å². The van der Waals surface area contributed by atoms with Gasteiger partial charge in [0, 0.05) is 44.8 Å². The van der Waals surface area contributed by atoms with Crippen LogP contribution in [0.3, 0.4) is 0 Å². The molecule has 3 heterocycles. The molecule has 1 N–H and O–H groups in total. The Morgan fingerprint density at radius 1 is 1.25 bits per heavy atom. The first-order valence-electron chi connectivity index (χ1n) is 8.69. The first-order valence-corrected chi connectivity index (χ1v) is 8.69. The molecule has 7 nitrogen and oxygen atoms in total. The fourth-order valence-electron chi connectivity index (χ4n) is 3.64. The predicted octanol–water partition coefficient (Wildman–Crippen LogP) is 0.0447. The Balaban J connectivity index is 1.55. The molecule has 2 saturated heterocycles. The van der Waals surface area contributed by atoms with Crippen molar-refractivity contribution in [3.63, 3.8) is 0 Å². The maximum atomic E-state index is 12.6. The van der Waals surface area contributed by atoms with Crippen molar-refractivity contribution < 1.29 is 14.4 Å². The van der Waals surface area contributed by atoms with Crippen molar-refractivity contribution in [2.45, 2.75) is 32.3 Å². The summed E-state index contributed by atoms with van der Waals surface area (Å²) < 4.78 is 5.13. The number of likely N-dealkylation sites (N-methyl/N-ethyl adjacent to an activating group) is 1. The maximum Gasteiger partial charge on any atom is 0.227 e. The summed E-state index contributed by atoms with van der Waals surface area (Å²) in [6, 6.07) is 0. The fourth-order valence-corrected chi connectivity index (χ4v) is 3.64. The van der Waals surface area contributed by atoms with E-state index in [0.717, 1.165) is 37.4 Å². The Labute approximate surface area is 143 Å². The van der Waals surface area contributed by atoms with Crippen LogP contribution in [-0.4, -0.2) is 89.3 Å². The molecule has 1 aromatic heterocycles.